The van der Waals surface area contributed by atoms with Crippen molar-refractivity contribution in [1.29, 1.82) is 0 Å². The van der Waals surface area contributed by atoms with Gasteiger partial charge in [0.05, 0.1) is 6.20 Å². The summed E-state index contributed by atoms with van der Waals surface area (Å²) < 4.78 is 38.8. The molecule has 1 aliphatic rings. The fourth-order valence-electron chi connectivity index (χ4n) is 1.68. The van der Waals surface area contributed by atoms with Crippen LogP contribution >= 0.6 is 0 Å². The number of nitrogens with zero attached hydrogens (tertiary/aromatic N) is 1. The van der Waals surface area contributed by atoms with Gasteiger partial charge in [-0.25, -0.2) is 22.5 Å². The van der Waals surface area contributed by atoms with Crippen molar-refractivity contribution in [2.75, 3.05) is 6.54 Å². The second kappa shape index (κ2) is 4.34. The van der Waals surface area contributed by atoms with Gasteiger partial charge in [-0.3, -0.25) is 0 Å². The molecule has 0 radical (unpaired) electrons. The Morgan fingerprint density at radius 2 is 2.18 bits per heavy atom. The highest BCUT2D eigenvalue weighted by atomic mass is 32.2. The molecule has 1 saturated carbocycles. The van der Waals surface area contributed by atoms with Crippen LogP contribution in [0.1, 0.15) is 26.2 Å². The van der Waals surface area contributed by atoms with E-state index in [0.717, 1.165) is 31.5 Å². The number of pyridine rings is 1. The Bertz CT molecular complexity index is 495. The fraction of sp³-hybridized carbons (Fsp3) is 0.545. The van der Waals surface area contributed by atoms with Crippen molar-refractivity contribution in [1.82, 2.24) is 9.71 Å². The molecule has 0 aromatic carbocycles. The molecule has 0 saturated heterocycles. The Labute approximate surface area is 100 Å². The molecule has 4 nitrogen and oxygen atoms in total. The summed E-state index contributed by atoms with van der Waals surface area (Å²) in [7, 11) is -3.61. The molecule has 1 aromatic heterocycles. The van der Waals surface area contributed by atoms with E-state index in [0.29, 0.717) is 6.54 Å². The van der Waals surface area contributed by atoms with E-state index in [4.69, 9.17) is 0 Å². The first-order chi connectivity index (χ1) is 7.97. The quantitative estimate of drug-likeness (QED) is 0.874. The number of rotatable bonds is 5. The highest BCUT2D eigenvalue weighted by Crippen LogP contribution is 2.48. The van der Waals surface area contributed by atoms with Crippen molar-refractivity contribution in [3.05, 3.63) is 24.1 Å². The minimum absolute atomic E-state index is 0.132. The first-order valence-corrected chi connectivity index (χ1v) is 7.07. The zero-order valence-electron chi connectivity index (χ0n) is 9.61. The van der Waals surface area contributed by atoms with Gasteiger partial charge in [0.25, 0.3) is 10.0 Å². The predicted octanol–water partition coefficient (Wildman–Crippen LogP) is 1.69. The molecule has 0 atom stereocenters. The molecule has 0 amide bonds. The maximum Gasteiger partial charge on any atom is 0.258 e. The summed E-state index contributed by atoms with van der Waals surface area (Å²) in [6.45, 7) is 2.49. The van der Waals surface area contributed by atoms with Crippen LogP contribution in [-0.4, -0.2) is 19.9 Å². The van der Waals surface area contributed by atoms with Gasteiger partial charge in [-0.05, 0) is 36.8 Å². The van der Waals surface area contributed by atoms with Crippen molar-refractivity contribution in [2.45, 2.75) is 31.2 Å². The van der Waals surface area contributed by atoms with E-state index in [-0.39, 0.29) is 10.4 Å². The van der Waals surface area contributed by atoms with Gasteiger partial charge in [0.2, 0.25) is 0 Å². The molecule has 0 aliphatic heterocycles. The standard InChI is InChI=1S/C11H15FN2O2S/c1-2-11(5-6-11)8-14-17(15,16)10-4-3-9(12)7-13-10/h3-4,7,14H,2,5-6,8H2,1H3. The SMILES string of the molecule is CCC1(CNS(=O)(=O)c2ccc(F)cn2)CC1. The lowest BCUT2D eigenvalue weighted by atomic mass is 10.1. The average molecular weight is 258 g/mol. The van der Waals surface area contributed by atoms with E-state index in [1.807, 2.05) is 0 Å². The number of nitrogens with one attached hydrogen (secondary N) is 1. The van der Waals surface area contributed by atoms with Gasteiger partial charge < -0.3 is 0 Å². The summed E-state index contributed by atoms with van der Waals surface area (Å²) in [4.78, 5) is 3.57. The van der Waals surface area contributed by atoms with E-state index in [1.54, 1.807) is 0 Å². The maximum absolute atomic E-state index is 12.6. The number of aromatic nitrogens is 1. The molecule has 94 valence electrons. The molecule has 1 fully saturated rings. The number of hydrogen-bond donors (Lipinski definition) is 1. The molecule has 0 unspecified atom stereocenters. The van der Waals surface area contributed by atoms with Crippen LogP contribution in [0.25, 0.3) is 0 Å². The van der Waals surface area contributed by atoms with E-state index < -0.39 is 15.8 Å². The topological polar surface area (TPSA) is 59.1 Å². The monoisotopic (exact) mass is 258 g/mol. The van der Waals surface area contributed by atoms with Crippen LogP contribution in [0.5, 0.6) is 0 Å². The van der Waals surface area contributed by atoms with Gasteiger partial charge >= 0.3 is 0 Å². The summed E-state index contributed by atoms with van der Waals surface area (Å²) in [5.74, 6) is -0.545. The van der Waals surface area contributed by atoms with E-state index in [9.17, 15) is 12.8 Å². The van der Waals surface area contributed by atoms with Gasteiger partial charge in [0.1, 0.15) is 5.82 Å². The lowest BCUT2D eigenvalue weighted by Crippen LogP contribution is -2.30. The van der Waals surface area contributed by atoms with E-state index >= 15 is 0 Å². The van der Waals surface area contributed by atoms with Crippen LogP contribution in [0.2, 0.25) is 0 Å². The zero-order valence-corrected chi connectivity index (χ0v) is 10.4. The molecule has 1 N–H and O–H groups in total. The third-order valence-electron chi connectivity index (χ3n) is 3.32. The predicted molar refractivity (Wildman–Crippen MR) is 61.3 cm³/mol. The number of hydrogen-bond acceptors (Lipinski definition) is 3. The summed E-state index contributed by atoms with van der Waals surface area (Å²) in [6, 6.07) is 2.26. The Kier molecular flexibility index (Phi) is 3.18. The Morgan fingerprint density at radius 1 is 1.47 bits per heavy atom. The van der Waals surface area contributed by atoms with Crippen molar-refractivity contribution < 1.29 is 12.8 Å². The summed E-state index contributed by atoms with van der Waals surface area (Å²) >= 11 is 0. The number of sulfonamides is 1. The van der Waals surface area contributed by atoms with Gasteiger partial charge in [-0.15, -0.1) is 0 Å². The molecule has 1 aromatic rings. The zero-order chi connectivity index (χ0) is 12.5. The lowest BCUT2D eigenvalue weighted by Gasteiger charge is -2.13. The van der Waals surface area contributed by atoms with Gasteiger partial charge in [0, 0.05) is 6.54 Å². The van der Waals surface area contributed by atoms with E-state index in [1.165, 1.54) is 6.07 Å². The van der Waals surface area contributed by atoms with Crippen molar-refractivity contribution in [3.63, 3.8) is 0 Å². The molecular formula is C11H15FN2O2S. The van der Waals surface area contributed by atoms with Gasteiger partial charge in [-0.1, -0.05) is 6.92 Å². The molecular weight excluding hydrogens is 243 g/mol. The summed E-state index contributed by atoms with van der Waals surface area (Å²) in [5, 5.41) is -0.134. The van der Waals surface area contributed by atoms with Crippen LogP contribution in [0, 0.1) is 11.2 Å². The average Bonchev–Trinajstić information content (AvgIpc) is 3.08. The Hall–Kier alpha value is -1.01. The molecule has 0 bridgehead atoms. The van der Waals surface area contributed by atoms with Crippen LogP contribution in [-0.2, 0) is 10.0 Å². The molecule has 0 spiro atoms. The highest BCUT2D eigenvalue weighted by Gasteiger charge is 2.41. The third kappa shape index (κ3) is 2.81. The van der Waals surface area contributed by atoms with Crippen molar-refractivity contribution >= 4 is 10.0 Å². The van der Waals surface area contributed by atoms with Crippen LogP contribution < -0.4 is 4.72 Å². The first-order valence-electron chi connectivity index (χ1n) is 5.59. The largest absolute Gasteiger partial charge is 0.258 e. The Balaban J connectivity index is 2.06. The summed E-state index contributed by atoms with van der Waals surface area (Å²) in [6.07, 6.45) is 3.99. The summed E-state index contributed by atoms with van der Waals surface area (Å²) in [5.41, 5.74) is 0.132. The Morgan fingerprint density at radius 3 is 2.65 bits per heavy atom. The van der Waals surface area contributed by atoms with Gasteiger partial charge in [0.15, 0.2) is 5.03 Å². The molecule has 17 heavy (non-hydrogen) atoms. The molecule has 2 rings (SSSR count). The van der Waals surface area contributed by atoms with E-state index in [2.05, 4.69) is 16.6 Å². The van der Waals surface area contributed by atoms with Crippen LogP contribution in [0.3, 0.4) is 0 Å². The molecule has 1 aliphatic carbocycles. The second-order valence-corrected chi connectivity index (χ2v) is 6.21. The third-order valence-corrected chi connectivity index (χ3v) is 4.64. The fourth-order valence-corrected chi connectivity index (χ4v) is 2.76. The minimum Gasteiger partial charge on any atom is -0.240 e. The smallest absolute Gasteiger partial charge is 0.240 e. The maximum atomic E-state index is 12.6. The highest BCUT2D eigenvalue weighted by molar-refractivity contribution is 7.89. The molecule has 6 heteroatoms. The van der Waals surface area contributed by atoms with Crippen LogP contribution in [0.15, 0.2) is 23.4 Å². The minimum atomic E-state index is -3.61. The lowest BCUT2D eigenvalue weighted by molar-refractivity contribution is 0.475. The van der Waals surface area contributed by atoms with Crippen molar-refractivity contribution in [2.24, 2.45) is 5.41 Å². The first kappa shape index (κ1) is 12.4. The number of halogens is 1. The van der Waals surface area contributed by atoms with Gasteiger partial charge in [-0.2, -0.15) is 0 Å². The normalized spacial score (nSPS) is 18.0. The molecule has 1 heterocycles. The second-order valence-electron chi connectivity index (χ2n) is 4.49. The van der Waals surface area contributed by atoms with Crippen LogP contribution in [0.4, 0.5) is 4.39 Å². The van der Waals surface area contributed by atoms with Crippen molar-refractivity contribution in [3.8, 4) is 0 Å².